The van der Waals surface area contributed by atoms with Gasteiger partial charge in [0.15, 0.2) is 0 Å². The number of methoxy groups -OCH3 is 1. The summed E-state index contributed by atoms with van der Waals surface area (Å²) < 4.78 is 15.7. The van der Waals surface area contributed by atoms with E-state index >= 15 is 0 Å². The maximum absolute atomic E-state index is 5.52. The zero-order chi connectivity index (χ0) is 9.80. The number of hydrogen-bond donors (Lipinski definition) is 0. The lowest BCUT2D eigenvalue weighted by Gasteiger charge is -2.05. The van der Waals surface area contributed by atoms with Crippen molar-refractivity contribution in [1.29, 1.82) is 0 Å². The quantitative estimate of drug-likeness (QED) is 0.670. The lowest BCUT2D eigenvalue weighted by Crippen LogP contribution is -2.00. The molecule has 2 rings (SSSR count). The van der Waals surface area contributed by atoms with Crippen molar-refractivity contribution in [2.75, 3.05) is 20.3 Å². The lowest BCUT2D eigenvalue weighted by molar-refractivity contribution is 0.282. The van der Waals surface area contributed by atoms with Gasteiger partial charge in [-0.15, -0.1) is 0 Å². The number of benzene rings is 1. The van der Waals surface area contributed by atoms with Gasteiger partial charge in [-0.1, -0.05) is 0 Å². The minimum atomic E-state index is 0.438. The van der Waals surface area contributed by atoms with Crippen molar-refractivity contribution in [2.24, 2.45) is 0 Å². The molecule has 0 amide bonds. The van der Waals surface area contributed by atoms with E-state index in [1.165, 1.54) is 0 Å². The van der Waals surface area contributed by atoms with Crippen LogP contribution in [0.2, 0.25) is 0 Å². The molecule has 1 saturated heterocycles. The highest BCUT2D eigenvalue weighted by molar-refractivity contribution is 5.31. The van der Waals surface area contributed by atoms with Crippen molar-refractivity contribution < 1.29 is 14.2 Å². The summed E-state index contributed by atoms with van der Waals surface area (Å²) in [5.41, 5.74) is 0. The Kier molecular flexibility index (Phi) is 2.89. The Labute approximate surface area is 83.6 Å². The van der Waals surface area contributed by atoms with Crippen LogP contribution in [0.25, 0.3) is 0 Å². The van der Waals surface area contributed by atoms with Gasteiger partial charge in [0.2, 0.25) is 0 Å². The highest BCUT2D eigenvalue weighted by Gasteiger charge is 2.21. The molecule has 0 bridgehead atoms. The van der Waals surface area contributed by atoms with Gasteiger partial charge in [-0.3, -0.25) is 0 Å². The van der Waals surface area contributed by atoms with Crippen molar-refractivity contribution in [3.63, 3.8) is 0 Å². The van der Waals surface area contributed by atoms with E-state index in [-0.39, 0.29) is 0 Å². The van der Waals surface area contributed by atoms with Crippen LogP contribution in [-0.4, -0.2) is 26.4 Å². The van der Waals surface area contributed by atoms with Gasteiger partial charge in [-0.2, -0.15) is 0 Å². The Morgan fingerprint density at radius 3 is 2.50 bits per heavy atom. The summed E-state index contributed by atoms with van der Waals surface area (Å²) in [4.78, 5) is 0. The molecule has 3 nitrogen and oxygen atoms in total. The highest BCUT2D eigenvalue weighted by Crippen LogP contribution is 2.18. The summed E-state index contributed by atoms with van der Waals surface area (Å²) in [6, 6.07) is 7.60. The Balaban J connectivity index is 1.77. The van der Waals surface area contributed by atoms with E-state index < -0.39 is 0 Å². The second-order valence-electron chi connectivity index (χ2n) is 3.27. The Morgan fingerprint density at radius 2 is 1.93 bits per heavy atom. The molecular formula is C11H14O3. The van der Waals surface area contributed by atoms with E-state index in [1.807, 2.05) is 24.3 Å². The normalized spacial score (nSPS) is 19.1. The molecule has 0 aromatic heterocycles. The first-order valence-corrected chi connectivity index (χ1v) is 4.77. The van der Waals surface area contributed by atoms with Crippen LogP contribution in [0.5, 0.6) is 11.5 Å². The standard InChI is InChI=1S/C11H14O3/c1-12-9-2-4-10(5-3-9)13-7-6-11-8-14-11/h2-5,11H,6-8H2,1H3/t11-/m0/s1. The fraction of sp³-hybridized carbons (Fsp3) is 0.455. The third kappa shape index (κ3) is 2.64. The van der Waals surface area contributed by atoms with Crippen molar-refractivity contribution in [1.82, 2.24) is 0 Å². The van der Waals surface area contributed by atoms with E-state index in [0.717, 1.165) is 31.1 Å². The van der Waals surface area contributed by atoms with Gasteiger partial charge in [0.05, 0.1) is 26.4 Å². The molecule has 3 heteroatoms. The van der Waals surface area contributed by atoms with Crippen LogP contribution in [0.4, 0.5) is 0 Å². The van der Waals surface area contributed by atoms with Gasteiger partial charge in [0, 0.05) is 6.42 Å². The van der Waals surface area contributed by atoms with Gasteiger partial charge in [0.1, 0.15) is 11.5 Å². The molecule has 1 aliphatic rings. The average Bonchev–Trinajstić information content (AvgIpc) is 3.03. The molecule has 0 saturated carbocycles. The predicted octanol–water partition coefficient (Wildman–Crippen LogP) is 1.86. The third-order valence-electron chi connectivity index (χ3n) is 2.17. The van der Waals surface area contributed by atoms with E-state index in [2.05, 4.69) is 0 Å². The largest absolute Gasteiger partial charge is 0.497 e. The summed E-state index contributed by atoms with van der Waals surface area (Å²) >= 11 is 0. The van der Waals surface area contributed by atoms with E-state index in [1.54, 1.807) is 7.11 Å². The Bertz CT molecular complexity index is 277. The second kappa shape index (κ2) is 4.33. The number of ether oxygens (including phenoxy) is 3. The van der Waals surface area contributed by atoms with Crippen LogP contribution in [-0.2, 0) is 4.74 Å². The monoisotopic (exact) mass is 194 g/mol. The van der Waals surface area contributed by atoms with Gasteiger partial charge in [-0.25, -0.2) is 0 Å². The lowest BCUT2D eigenvalue weighted by atomic mass is 10.3. The first-order valence-electron chi connectivity index (χ1n) is 4.77. The zero-order valence-electron chi connectivity index (χ0n) is 8.23. The Hall–Kier alpha value is -1.22. The van der Waals surface area contributed by atoms with Crippen molar-refractivity contribution in [3.05, 3.63) is 24.3 Å². The maximum Gasteiger partial charge on any atom is 0.119 e. The van der Waals surface area contributed by atoms with Crippen molar-refractivity contribution >= 4 is 0 Å². The van der Waals surface area contributed by atoms with Crippen LogP contribution in [0.3, 0.4) is 0 Å². The summed E-state index contributed by atoms with van der Waals surface area (Å²) in [5.74, 6) is 1.73. The number of hydrogen-bond acceptors (Lipinski definition) is 3. The first kappa shape index (κ1) is 9.34. The fourth-order valence-electron chi connectivity index (χ4n) is 1.21. The molecule has 1 aliphatic heterocycles. The smallest absolute Gasteiger partial charge is 0.119 e. The van der Waals surface area contributed by atoms with Gasteiger partial charge in [-0.05, 0) is 24.3 Å². The molecule has 0 spiro atoms. The molecule has 76 valence electrons. The molecule has 0 unspecified atom stereocenters. The van der Waals surface area contributed by atoms with Gasteiger partial charge < -0.3 is 14.2 Å². The van der Waals surface area contributed by atoms with Crippen LogP contribution >= 0.6 is 0 Å². The molecule has 14 heavy (non-hydrogen) atoms. The molecule has 0 N–H and O–H groups in total. The van der Waals surface area contributed by atoms with Crippen molar-refractivity contribution in [2.45, 2.75) is 12.5 Å². The molecule has 1 atom stereocenters. The van der Waals surface area contributed by atoms with Gasteiger partial charge in [0.25, 0.3) is 0 Å². The maximum atomic E-state index is 5.52. The second-order valence-corrected chi connectivity index (χ2v) is 3.27. The molecule has 1 fully saturated rings. The summed E-state index contributed by atoms with van der Waals surface area (Å²) in [6.07, 6.45) is 1.42. The fourth-order valence-corrected chi connectivity index (χ4v) is 1.21. The van der Waals surface area contributed by atoms with Crippen LogP contribution in [0.1, 0.15) is 6.42 Å². The molecule has 1 aromatic carbocycles. The number of rotatable bonds is 5. The average molecular weight is 194 g/mol. The van der Waals surface area contributed by atoms with E-state index in [0.29, 0.717) is 6.10 Å². The zero-order valence-corrected chi connectivity index (χ0v) is 8.23. The van der Waals surface area contributed by atoms with E-state index in [4.69, 9.17) is 14.2 Å². The van der Waals surface area contributed by atoms with Crippen molar-refractivity contribution in [3.8, 4) is 11.5 Å². The topological polar surface area (TPSA) is 31.0 Å². The molecular weight excluding hydrogens is 180 g/mol. The molecule has 1 heterocycles. The minimum Gasteiger partial charge on any atom is -0.497 e. The highest BCUT2D eigenvalue weighted by atomic mass is 16.6. The predicted molar refractivity (Wildman–Crippen MR) is 52.8 cm³/mol. The SMILES string of the molecule is COc1ccc(OCC[C@H]2CO2)cc1. The minimum absolute atomic E-state index is 0.438. The van der Waals surface area contributed by atoms with Crippen LogP contribution in [0.15, 0.2) is 24.3 Å². The van der Waals surface area contributed by atoms with Crippen LogP contribution < -0.4 is 9.47 Å². The van der Waals surface area contributed by atoms with Gasteiger partial charge >= 0.3 is 0 Å². The molecule has 1 aromatic rings. The number of epoxide rings is 1. The Morgan fingerprint density at radius 1 is 1.29 bits per heavy atom. The summed E-state index contributed by atoms with van der Waals surface area (Å²) in [5, 5.41) is 0. The van der Waals surface area contributed by atoms with Crippen LogP contribution in [0, 0.1) is 0 Å². The third-order valence-corrected chi connectivity index (χ3v) is 2.17. The summed E-state index contributed by atoms with van der Waals surface area (Å²) in [6.45, 7) is 1.61. The molecule has 0 radical (unpaired) electrons. The molecule has 0 aliphatic carbocycles. The van der Waals surface area contributed by atoms with E-state index in [9.17, 15) is 0 Å². The first-order chi connectivity index (χ1) is 6.88. The summed E-state index contributed by atoms with van der Waals surface area (Å²) in [7, 11) is 1.65.